The first-order valence-electron chi connectivity index (χ1n) is 9.54. The third-order valence-electron chi connectivity index (χ3n) is 4.99. The zero-order valence-corrected chi connectivity index (χ0v) is 15.8. The third kappa shape index (κ3) is 4.45. The van der Waals surface area contributed by atoms with Crippen LogP contribution in [0.2, 0.25) is 0 Å². The number of piperidine rings is 1. The molecule has 0 saturated carbocycles. The molecule has 0 aliphatic carbocycles. The molecule has 2 N–H and O–H groups in total. The number of para-hydroxylation sites is 1. The summed E-state index contributed by atoms with van der Waals surface area (Å²) in [5.41, 5.74) is 1.41. The van der Waals surface area contributed by atoms with Gasteiger partial charge in [-0.1, -0.05) is 18.2 Å². The largest absolute Gasteiger partial charge is 0.423 e. The van der Waals surface area contributed by atoms with E-state index >= 15 is 0 Å². The van der Waals surface area contributed by atoms with E-state index in [4.69, 9.17) is 4.42 Å². The Hall–Kier alpha value is -3.61. The van der Waals surface area contributed by atoms with Gasteiger partial charge in [-0.2, -0.15) is 0 Å². The molecule has 3 amide bonds. The summed E-state index contributed by atoms with van der Waals surface area (Å²) in [6.07, 6.45) is 1.49. The maximum absolute atomic E-state index is 12.7. The molecule has 3 aromatic rings. The smallest absolute Gasteiger partial charge is 0.336 e. The van der Waals surface area contributed by atoms with Crippen molar-refractivity contribution in [3.8, 4) is 0 Å². The van der Waals surface area contributed by atoms with Crippen molar-refractivity contribution < 1.29 is 14.0 Å². The molecule has 1 aromatic heterocycles. The molecule has 1 saturated heterocycles. The first kappa shape index (κ1) is 18.7. The Labute approximate surface area is 167 Å². The molecule has 4 rings (SSSR count). The highest BCUT2D eigenvalue weighted by molar-refractivity contribution is 5.95. The van der Waals surface area contributed by atoms with Gasteiger partial charge in [0.05, 0.1) is 5.92 Å². The Morgan fingerprint density at radius 3 is 2.62 bits per heavy atom. The Balaban J connectivity index is 1.40. The van der Waals surface area contributed by atoms with Gasteiger partial charge in [-0.25, -0.2) is 9.59 Å². The fraction of sp³-hybridized carbons (Fsp3) is 0.227. The van der Waals surface area contributed by atoms with Crippen LogP contribution < -0.4 is 16.3 Å². The van der Waals surface area contributed by atoms with E-state index in [2.05, 4.69) is 10.6 Å². The number of nitrogens with one attached hydrogen (secondary N) is 2. The predicted molar refractivity (Wildman–Crippen MR) is 111 cm³/mol. The molecule has 0 spiro atoms. The van der Waals surface area contributed by atoms with Gasteiger partial charge in [0.1, 0.15) is 5.58 Å². The molecular weight excluding hydrogens is 370 g/mol. The normalized spacial score (nSPS) is 16.4. The van der Waals surface area contributed by atoms with Crippen molar-refractivity contribution in [1.82, 2.24) is 4.90 Å². The first-order chi connectivity index (χ1) is 14.1. The summed E-state index contributed by atoms with van der Waals surface area (Å²) < 4.78 is 5.11. The number of nitrogens with zero attached hydrogens (tertiary/aromatic N) is 1. The summed E-state index contributed by atoms with van der Waals surface area (Å²) in [4.78, 5) is 38.2. The van der Waals surface area contributed by atoms with Gasteiger partial charge in [0, 0.05) is 35.9 Å². The van der Waals surface area contributed by atoms with Gasteiger partial charge in [-0.15, -0.1) is 0 Å². The Morgan fingerprint density at radius 1 is 0.966 bits per heavy atom. The Kier molecular flexibility index (Phi) is 5.29. The van der Waals surface area contributed by atoms with Gasteiger partial charge in [-0.05, 0) is 49.2 Å². The molecule has 1 fully saturated rings. The minimum atomic E-state index is -0.412. The van der Waals surface area contributed by atoms with Gasteiger partial charge in [0.2, 0.25) is 5.91 Å². The van der Waals surface area contributed by atoms with Crippen LogP contribution >= 0.6 is 0 Å². The minimum Gasteiger partial charge on any atom is -0.423 e. The minimum absolute atomic E-state index is 0.126. The predicted octanol–water partition coefficient (Wildman–Crippen LogP) is 3.68. The van der Waals surface area contributed by atoms with E-state index in [0.717, 1.165) is 23.9 Å². The summed E-state index contributed by atoms with van der Waals surface area (Å²) in [6.45, 7) is 0.990. The van der Waals surface area contributed by atoms with E-state index in [1.165, 1.54) is 6.07 Å². The molecule has 1 atom stereocenters. The Bertz CT molecular complexity index is 1090. The van der Waals surface area contributed by atoms with E-state index in [1.54, 1.807) is 29.2 Å². The lowest BCUT2D eigenvalue weighted by atomic mass is 9.97. The molecule has 148 valence electrons. The maximum Gasteiger partial charge on any atom is 0.336 e. The van der Waals surface area contributed by atoms with E-state index in [1.807, 2.05) is 30.3 Å². The lowest BCUT2D eigenvalue weighted by molar-refractivity contribution is -0.121. The third-order valence-corrected chi connectivity index (χ3v) is 4.99. The van der Waals surface area contributed by atoms with Crippen LogP contribution in [-0.4, -0.2) is 29.9 Å². The molecule has 1 aliphatic rings. The lowest BCUT2D eigenvalue weighted by Gasteiger charge is -2.32. The van der Waals surface area contributed by atoms with E-state index < -0.39 is 5.63 Å². The van der Waals surface area contributed by atoms with Crippen molar-refractivity contribution in [2.75, 3.05) is 23.7 Å². The van der Waals surface area contributed by atoms with Crippen LogP contribution in [0, 0.1) is 5.92 Å². The topological polar surface area (TPSA) is 91.7 Å². The lowest BCUT2D eigenvalue weighted by Crippen LogP contribution is -2.45. The fourth-order valence-corrected chi connectivity index (χ4v) is 3.49. The monoisotopic (exact) mass is 391 g/mol. The van der Waals surface area contributed by atoms with Crippen LogP contribution in [0.1, 0.15) is 12.8 Å². The Morgan fingerprint density at radius 2 is 1.79 bits per heavy atom. The fourth-order valence-electron chi connectivity index (χ4n) is 3.49. The van der Waals surface area contributed by atoms with E-state index in [0.29, 0.717) is 24.4 Å². The van der Waals surface area contributed by atoms with Crippen molar-refractivity contribution in [2.24, 2.45) is 5.92 Å². The summed E-state index contributed by atoms with van der Waals surface area (Å²) in [7, 11) is 0. The number of hydrogen-bond acceptors (Lipinski definition) is 4. The summed E-state index contributed by atoms with van der Waals surface area (Å²) in [5, 5.41) is 6.51. The average Bonchev–Trinajstić information content (AvgIpc) is 2.74. The van der Waals surface area contributed by atoms with Crippen molar-refractivity contribution in [1.29, 1.82) is 0 Å². The molecule has 29 heavy (non-hydrogen) atoms. The van der Waals surface area contributed by atoms with Crippen LogP contribution in [0.4, 0.5) is 16.2 Å². The molecule has 1 unspecified atom stereocenters. The zero-order chi connectivity index (χ0) is 20.2. The molecular formula is C22H21N3O4. The van der Waals surface area contributed by atoms with Crippen LogP contribution in [0.5, 0.6) is 0 Å². The maximum atomic E-state index is 12.7. The molecule has 7 nitrogen and oxygen atoms in total. The first-order valence-corrected chi connectivity index (χ1v) is 9.54. The second-order valence-electron chi connectivity index (χ2n) is 7.08. The highest BCUT2D eigenvalue weighted by atomic mass is 16.4. The van der Waals surface area contributed by atoms with Crippen molar-refractivity contribution in [2.45, 2.75) is 12.8 Å². The quantitative estimate of drug-likeness (QED) is 0.667. The number of carbonyl (C=O) groups excluding carboxylic acids is 2. The summed E-state index contributed by atoms with van der Waals surface area (Å²) in [6, 6.07) is 17.2. The van der Waals surface area contributed by atoms with Crippen molar-refractivity contribution in [3.63, 3.8) is 0 Å². The summed E-state index contributed by atoms with van der Waals surface area (Å²) in [5.74, 6) is -0.409. The van der Waals surface area contributed by atoms with Crippen molar-refractivity contribution in [3.05, 3.63) is 71.1 Å². The number of hydrogen-bond donors (Lipinski definition) is 2. The number of amides is 3. The number of rotatable bonds is 3. The number of likely N-dealkylation sites (tertiary alicyclic amines) is 1. The number of anilines is 2. The number of urea groups is 1. The second-order valence-corrected chi connectivity index (χ2v) is 7.08. The van der Waals surface area contributed by atoms with Crippen LogP contribution in [0.3, 0.4) is 0 Å². The molecule has 0 bridgehead atoms. The van der Waals surface area contributed by atoms with Crippen LogP contribution in [0.25, 0.3) is 11.0 Å². The van der Waals surface area contributed by atoms with Gasteiger partial charge < -0.3 is 20.0 Å². The second kappa shape index (κ2) is 8.18. The molecule has 0 radical (unpaired) electrons. The average molecular weight is 391 g/mol. The number of fused-ring (bicyclic) bond motifs is 1. The highest BCUT2D eigenvalue weighted by Gasteiger charge is 2.28. The molecule has 7 heteroatoms. The molecule has 1 aliphatic heterocycles. The number of benzene rings is 2. The van der Waals surface area contributed by atoms with Gasteiger partial charge in [-0.3, -0.25) is 4.79 Å². The highest BCUT2D eigenvalue weighted by Crippen LogP contribution is 2.22. The SMILES string of the molecule is O=C(Nc1ccc2oc(=O)ccc2c1)C1CCCN(C(=O)Nc2ccccc2)C1. The van der Waals surface area contributed by atoms with Gasteiger partial charge in [0.25, 0.3) is 0 Å². The molecule has 2 aromatic carbocycles. The van der Waals surface area contributed by atoms with E-state index in [9.17, 15) is 14.4 Å². The van der Waals surface area contributed by atoms with Crippen molar-refractivity contribution >= 4 is 34.3 Å². The van der Waals surface area contributed by atoms with Gasteiger partial charge >= 0.3 is 11.7 Å². The summed E-state index contributed by atoms with van der Waals surface area (Å²) >= 11 is 0. The standard InChI is InChI=1S/C22H21N3O4/c26-20-11-8-15-13-18(9-10-19(15)29-20)23-21(27)16-5-4-12-25(14-16)22(28)24-17-6-2-1-3-7-17/h1-3,6-11,13,16H,4-5,12,14H2,(H,23,27)(H,24,28). The number of carbonyl (C=O) groups is 2. The van der Waals surface area contributed by atoms with Crippen LogP contribution in [-0.2, 0) is 4.79 Å². The zero-order valence-electron chi connectivity index (χ0n) is 15.8. The van der Waals surface area contributed by atoms with Crippen LogP contribution in [0.15, 0.2) is 69.9 Å². The van der Waals surface area contributed by atoms with Gasteiger partial charge in [0.15, 0.2) is 0 Å². The molecule has 2 heterocycles. The van der Waals surface area contributed by atoms with E-state index in [-0.39, 0.29) is 17.9 Å².